The summed E-state index contributed by atoms with van der Waals surface area (Å²) in [7, 11) is 0. The number of hydrogen-bond donors (Lipinski definition) is 4. The van der Waals surface area contributed by atoms with E-state index in [1.54, 1.807) is 0 Å². The van der Waals surface area contributed by atoms with Gasteiger partial charge in [0.15, 0.2) is 0 Å². The van der Waals surface area contributed by atoms with Crippen LogP contribution in [0.4, 0.5) is 0 Å². The molecule has 5 aliphatic rings. The molecule has 0 heterocycles. The van der Waals surface area contributed by atoms with E-state index in [4.69, 9.17) is 5.11 Å². The van der Waals surface area contributed by atoms with Crippen molar-refractivity contribution in [3.63, 3.8) is 0 Å². The normalized spacial score (nSPS) is 39.2. The lowest BCUT2D eigenvalue weighted by Gasteiger charge is -2.72. The summed E-state index contributed by atoms with van der Waals surface area (Å²) in [5, 5.41) is 26.7. The van der Waals surface area contributed by atoms with Crippen molar-refractivity contribution in [3.05, 3.63) is 12.2 Å². The monoisotopic (exact) mass is 739 g/mol. The molecule has 0 aromatic heterocycles. The van der Waals surface area contributed by atoms with Crippen molar-refractivity contribution >= 4 is 17.8 Å². The van der Waals surface area contributed by atoms with Crippen LogP contribution in [0.3, 0.4) is 0 Å². The van der Waals surface area contributed by atoms with E-state index in [2.05, 4.69) is 72.6 Å². The Bertz CT molecular complexity index is 1340. The van der Waals surface area contributed by atoms with Crippen LogP contribution >= 0.6 is 0 Å². The Morgan fingerprint density at radius 1 is 0.792 bits per heavy atom. The van der Waals surface area contributed by atoms with Gasteiger partial charge < -0.3 is 20.8 Å². The summed E-state index contributed by atoms with van der Waals surface area (Å²) >= 11 is 0. The molecule has 5 aliphatic carbocycles. The first kappa shape index (κ1) is 42.3. The van der Waals surface area contributed by atoms with Crippen LogP contribution in [0.15, 0.2) is 12.2 Å². The predicted octanol–water partition coefficient (Wildman–Crippen LogP) is 9.86. The first-order valence-electron chi connectivity index (χ1n) is 22.0. The Hall–Kier alpha value is -1.89. The maximum Gasteiger partial charge on any atom is 0.303 e. The number of aliphatic hydroxyl groups is 1. The summed E-state index contributed by atoms with van der Waals surface area (Å²) in [5.41, 5.74) is 1.62. The lowest BCUT2D eigenvalue weighted by molar-refractivity contribution is -0.246. The van der Waals surface area contributed by atoms with Crippen LogP contribution in [-0.4, -0.2) is 46.7 Å². The number of amides is 2. The van der Waals surface area contributed by atoms with Crippen LogP contribution in [0, 0.1) is 62.6 Å². The minimum Gasteiger partial charge on any atom is -0.481 e. The maximum atomic E-state index is 14.5. The summed E-state index contributed by atoms with van der Waals surface area (Å²) in [6.45, 7) is 24.2. The number of carboxylic acid groups (broad SMARTS) is 1. The van der Waals surface area contributed by atoms with Crippen molar-refractivity contribution < 1.29 is 24.6 Å². The number of nitrogens with one attached hydrogen (secondary N) is 2. The van der Waals surface area contributed by atoms with Crippen molar-refractivity contribution in [1.82, 2.24) is 10.6 Å². The summed E-state index contributed by atoms with van der Waals surface area (Å²) in [6.07, 6.45) is 17.6. The van der Waals surface area contributed by atoms with E-state index in [9.17, 15) is 19.5 Å². The van der Waals surface area contributed by atoms with E-state index in [1.165, 1.54) is 31.3 Å². The summed E-state index contributed by atoms with van der Waals surface area (Å²) in [6, 6.07) is -0.0775. The molecule has 5 fully saturated rings. The largest absolute Gasteiger partial charge is 0.481 e. The third-order valence-corrected chi connectivity index (χ3v) is 17.2. The Morgan fingerprint density at radius 3 is 2.17 bits per heavy atom. The van der Waals surface area contributed by atoms with Gasteiger partial charge in [-0.2, -0.15) is 0 Å². The number of hydrogen-bond acceptors (Lipinski definition) is 4. The number of fused-ring (bicyclic) bond motifs is 7. The summed E-state index contributed by atoms with van der Waals surface area (Å²) < 4.78 is 0. The second-order valence-corrected chi connectivity index (χ2v) is 20.8. The molecule has 0 spiro atoms. The molecule has 302 valence electrons. The highest BCUT2D eigenvalue weighted by Gasteiger charge is 2.71. The molecule has 0 aliphatic heterocycles. The fourth-order valence-electron chi connectivity index (χ4n) is 14.3. The van der Waals surface area contributed by atoms with Gasteiger partial charge in [-0.1, -0.05) is 79.9 Å². The standard InChI is InChI=1S/C46H78N2O5/c1-30(2)29-32(16-19-39(51)52)48-38(50)15-13-11-10-12-14-28-47-41(53)46-25-20-33(31(3)4)40(46)34-17-18-36-43(7)23-22-37(49)42(5,6)35(43)21-24-45(36,9)44(34,8)26-27-46/h30,32-37,40,49H,3,10-29H2,1-2,4-9H3,(H,47,53)(H,48,50)(H,51,52)/t32?,33-,34+,35-,36+,37-,40+,43-,44+,45+,46-/m0/s1. The predicted molar refractivity (Wildman–Crippen MR) is 214 cm³/mol. The topological polar surface area (TPSA) is 116 Å². The minimum absolute atomic E-state index is 0.0254. The molecule has 0 bridgehead atoms. The summed E-state index contributed by atoms with van der Waals surface area (Å²) in [4.78, 5) is 38.1. The highest BCUT2D eigenvalue weighted by atomic mass is 16.4. The van der Waals surface area contributed by atoms with Crippen LogP contribution in [0.1, 0.15) is 177 Å². The Labute approximate surface area is 323 Å². The number of allylic oxidation sites excluding steroid dienone is 1. The van der Waals surface area contributed by atoms with Gasteiger partial charge in [0.1, 0.15) is 0 Å². The minimum atomic E-state index is -0.820. The van der Waals surface area contributed by atoms with Crippen LogP contribution in [-0.2, 0) is 14.4 Å². The second-order valence-electron chi connectivity index (χ2n) is 20.8. The molecular weight excluding hydrogens is 661 g/mol. The fourth-order valence-corrected chi connectivity index (χ4v) is 14.3. The molecule has 1 unspecified atom stereocenters. The van der Waals surface area contributed by atoms with E-state index in [1.807, 2.05) is 0 Å². The molecule has 5 rings (SSSR count). The first-order valence-corrected chi connectivity index (χ1v) is 22.0. The van der Waals surface area contributed by atoms with Gasteiger partial charge in [0.05, 0.1) is 11.5 Å². The Morgan fingerprint density at radius 2 is 1.49 bits per heavy atom. The quantitative estimate of drug-likeness (QED) is 0.0930. The van der Waals surface area contributed by atoms with Crippen LogP contribution < -0.4 is 10.6 Å². The molecular formula is C46H78N2O5. The van der Waals surface area contributed by atoms with Gasteiger partial charge in [0.2, 0.25) is 11.8 Å². The maximum absolute atomic E-state index is 14.5. The zero-order valence-corrected chi connectivity index (χ0v) is 35.1. The fraction of sp³-hybridized carbons (Fsp3) is 0.891. The molecule has 53 heavy (non-hydrogen) atoms. The Kier molecular flexibility index (Phi) is 13.0. The van der Waals surface area contributed by atoms with Crippen LogP contribution in [0.25, 0.3) is 0 Å². The van der Waals surface area contributed by atoms with Gasteiger partial charge in [-0.3, -0.25) is 14.4 Å². The molecule has 0 aromatic carbocycles. The molecule has 0 aromatic rings. The van der Waals surface area contributed by atoms with Gasteiger partial charge in [-0.05, 0) is 154 Å². The highest BCUT2D eigenvalue weighted by Crippen LogP contribution is 2.77. The third kappa shape index (κ3) is 7.91. The number of rotatable bonds is 16. The summed E-state index contributed by atoms with van der Waals surface area (Å²) in [5.74, 6) is 2.43. The molecule has 7 nitrogen and oxygen atoms in total. The van der Waals surface area contributed by atoms with E-state index in [0.29, 0.717) is 54.3 Å². The van der Waals surface area contributed by atoms with Crippen molar-refractivity contribution in [3.8, 4) is 0 Å². The number of carbonyl (C=O) groups excluding carboxylic acids is 2. The molecule has 7 heteroatoms. The molecule has 4 N–H and O–H groups in total. The number of aliphatic carboxylic acids is 1. The third-order valence-electron chi connectivity index (χ3n) is 17.2. The molecule has 11 atom stereocenters. The van der Waals surface area contributed by atoms with Crippen LogP contribution in [0.5, 0.6) is 0 Å². The van der Waals surface area contributed by atoms with Crippen LogP contribution in [0.2, 0.25) is 0 Å². The van der Waals surface area contributed by atoms with Gasteiger partial charge in [-0.25, -0.2) is 0 Å². The van der Waals surface area contributed by atoms with E-state index >= 15 is 0 Å². The van der Waals surface area contributed by atoms with Crippen molar-refractivity contribution in [2.75, 3.05) is 6.54 Å². The lowest BCUT2D eigenvalue weighted by atomic mass is 9.32. The number of aliphatic hydroxyl groups excluding tert-OH is 1. The lowest BCUT2D eigenvalue weighted by Crippen LogP contribution is -2.67. The second kappa shape index (κ2) is 16.3. The van der Waals surface area contributed by atoms with Crippen molar-refractivity contribution in [1.29, 1.82) is 0 Å². The van der Waals surface area contributed by atoms with Gasteiger partial charge in [-0.15, -0.1) is 0 Å². The molecule has 5 saturated carbocycles. The zero-order valence-electron chi connectivity index (χ0n) is 35.1. The SMILES string of the molecule is C=C(C)[C@@H]1CC[C@]2(C(=O)NCCCCCCCC(=O)NC(CCC(=O)O)CC(C)C)CC[C@]3(C)[C@H](CC[C@@H]4[C@@]5(C)CC[C@H](O)C(C)(C)[C@@H]5CC[C@]43C)[C@@H]12. The van der Waals surface area contributed by atoms with Gasteiger partial charge >= 0.3 is 5.97 Å². The van der Waals surface area contributed by atoms with Crippen molar-refractivity contribution in [2.45, 2.75) is 190 Å². The average Bonchev–Trinajstić information content (AvgIpc) is 3.48. The number of unbranched alkanes of at least 4 members (excludes halogenated alkanes) is 4. The van der Waals surface area contributed by atoms with Gasteiger partial charge in [0.25, 0.3) is 0 Å². The smallest absolute Gasteiger partial charge is 0.303 e. The Balaban J connectivity index is 1.15. The zero-order chi connectivity index (χ0) is 39.0. The van der Waals surface area contributed by atoms with E-state index in [0.717, 1.165) is 83.6 Å². The molecule has 0 saturated heterocycles. The molecule has 2 amide bonds. The highest BCUT2D eigenvalue weighted by molar-refractivity contribution is 5.84. The van der Waals surface area contributed by atoms with Gasteiger partial charge in [0, 0.05) is 25.4 Å². The number of carbonyl (C=O) groups is 3. The first-order chi connectivity index (χ1) is 24.8. The molecule has 0 radical (unpaired) electrons. The average molecular weight is 739 g/mol. The number of carboxylic acids is 1. The van der Waals surface area contributed by atoms with E-state index in [-0.39, 0.29) is 51.5 Å². The van der Waals surface area contributed by atoms with Crippen molar-refractivity contribution in [2.24, 2.45) is 62.6 Å². The van der Waals surface area contributed by atoms with E-state index < -0.39 is 5.97 Å².